The summed E-state index contributed by atoms with van der Waals surface area (Å²) >= 11 is 7.53. The highest BCUT2D eigenvalue weighted by Crippen LogP contribution is 2.33. The number of thiazole rings is 1. The molecule has 1 fully saturated rings. The normalized spacial score (nSPS) is 15.1. The Hall–Kier alpha value is -3.48. The number of nitrogens with zero attached hydrogens (tertiary/aromatic N) is 3. The highest BCUT2D eigenvalue weighted by Gasteiger charge is 2.30. The molecule has 0 N–H and O–H groups in total. The topological polar surface area (TPSA) is 55.2 Å². The lowest BCUT2D eigenvalue weighted by atomic mass is 9.98. The first-order chi connectivity index (χ1) is 20.2. The first-order valence-corrected chi connectivity index (χ1v) is 16.1. The van der Waals surface area contributed by atoms with Crippen LogP contribution in [0.4, 0.5) is 0 Å². The number of rotatable bonds is 7. The minimum atomic E-state index is -0.168. The van der Waals surface area contributed by atoms with Crippen LogP contribution in [0, 0.1) is 0 Å². The molecule has 0 unspecified atom stereocenters. The first kappa shape index (κ1) is 30.0. The van der Waals surface area contributed by atoms with Crippen molar-refractivity contribution in [2.75, 3.05) is 6.54 Å². The largest absolute Gasteiger partial charge is 0.336 e. The summed E-state index contributed by atoms with van der Waals surface area (Å²) in [5.41, 5.74) is 7.17. The molecule has 7 heteroatoms. The zero-order valence-corrected chi connectivity index (χ0v) is 26.6. The number of pyridine rings is 1. The molecule has 42 heavy (non-hydrogen) atoms. The second kappa shape index (κ2) is 12.8. The molecule has 2 aromatic carbocycles. The Morgan fingerprint density at radius 1 is 1.07 bits per heavy atom. The summed E-state index contributed by atoms with van der Waals surface area (Å²) in [6.07, 6.45) is 6.59. The second-order valence-electron chi connectivity index (χ2n) is 11.2. The molecule has 0 spiro atoms. The van der Waals surface area contributed by atoms with Gasteiger partial charge in [-0.1, -0.05) is 61.4 Å². The number of carbonyl (C=O) groups is 1. The maximum absolute atomic E-state index is 14.7. The number of para-hydroxylation sites is 1. The van der Waals surface area contributed by atoms with Crippen molar-refractivity contribution in [2.45, 2.75) is 72.8 Å². The average molecular weight is 600 g/mol. The van der Waals surface area contributed by atoms with Gasteiger partial charge >= 0.3 is 0 Å². The second-order valence-corrected chi connectivity index (χ2v) is 12.5. The highest BCUT2D eigenvalue weighted by atomic mass is 35.5. The van der Waals surface area contributed by atoms with Gasteiger partial charge in [0.25, 0.3) is 11.5 Å². The van der Waals surface area contributed by atoms with Gasteiger partial charge in [-0.25, -0.2) is 4.98 Å². The van der Waals surface area contributed by atoms with Crippen molar-refractivity contribution in [1.82, 2.24) is 14.5 Å². The van der Waals surface area contributed by atoms with Gasteiger partial charge in [-0.2, -0.15) is 0 Å². The zero-order chi connectivity index (χ0) is 30.0. The van der Waals surface area contributed by atoms with E-state index in [0.29, 0.717) is 33.4 Å². The van der Waals surface area contributed by atoms with Crippen molar-refractivity contribution >= 4 is 34.9 Å². The highest BCUT2D eigenvalue weighted by molar-refractivity contribution is 7.13. The molecule has 5 rings (SSSR count). The number of aromatic nitrogens is 2. The molecule has 218 valence electrons. The molecule has 0 bridgehead atoms. The van der Waals surface area contributed by atoms with E-state index in [0.717, 1.165) is 65.7 Å². The standard InChI is InChI=1S/C35H38ClN3O2S/c1-6-24-12-10-13-25(7-2)32(24)39-31(19-22(3)4)28(34(40)38-18-9-8-11-23(38)5)20-29(35(39)41)33-37-30(21-42-33)26-14-16-27(36)17-15-26/h10,12-17,19-21,23H,6-9,11,18H2,1-5H3/t23-/m1/s1. The fourth-order valence-corrected chi connectivity index (χ4v) is 6.76. The van der Waals surface area contributed by atoms with E-state index in [2.05, 4.69) is 39.0 Å². The van der Waals surface area contributed by atoms with Crippen molar-refractivity contribution in [2.24, 2.45) is 0 Å². The maximum atomic E-state index is 14.7. The van der Waals surface area contributed by atoms with E-state index in [1.807, 2.05) is 54.5 Å². The number of benzene rings is 2. The molecule has 4 aromatic rings. The van der Waals surface area contributed by atoms with E-state index >= 15 is 0 Å². The van der Waals surface area contributed by atoms with Crippen LogP contribution in [0.15, 0.2) is 64.3 Å². The average Bonchev–Trinajstić information content (AvgIpc) is 3.47. The van der Waals surface area contributed by atoms with E-state index in [9.17, 15) is 9.59 Å². The van der Waals surface area contributed by atoms with E-state index in [-0.39, 0.29) is 17.5 Å². The van der Waals surface area contributed by atoms with E-state index < -0.39 is 0 Å². The summed E-state index contributed by atoms with van der Waals surface area (Å²) in [5.74, 6) is -0.0359. The quantitative estimate of drug-likeness (QED) is 0.213. The number of hydrogen-bond donors (Lipinski definition) is 0. The number of piperidine rings is 1. The van der Waals surface area contributed by atoms with Crippen LogP contribution >= 0.6 is 22.9 Å². The Kier molecular flexibility index (Phi) is 9.14. The number of halogens is 1. The molecular weight excluding hydrogens is 562 g/mol. The van der Waals surface area contributed by atoms with E-state index in [4.69, 9.17) is 16.6 Å². The summed E-state index contributed by atoms with van der Waals surface area (Å²) in [7, 11) is 0. The van der Waals surface area contributed by atoms with Crippen molar-refractivity contribution in [3.63, 3.8) is 0 Å². The predicted molar refractivity (Wildman–Crippen MR) is 176 cm³/mol. The number of hydrogen-bond acceptors (Lipinski definition) is 4. The van der Waals surface area contributed by atoms with E-state index in [1.54, 1.807) is 10.6 Å². The van der Waals surface area contributed by atoms with Crippen molar-refractivity contribution in [1.29, 1.82) is 0 Å². The SMILES string of the molecule is CCc1cccc(CC)c1-n1c(C=C(C)C)c(C(=O)N2CCCC[C@H]2C)cc(-c2nc(-c3ccc(Cl)cc3)cs2)c1=O. The number of carbonyl (C=O) groups excluding carboxylic acids is 1. The third-order valence-corrected chi connectivity index (χ3v) is 9.15. The van der Waals surface area contributed by atoms with Crippen LogP contribution in [0.1, 0.15) is 81.1 Å². The molecule has 5 nitrogen and oxygen atoms in total. The molecule has 1 atom stereocenters. The van der Waals surface area contributed by atoms with Gasteiger partial charge < -0.3 is 4.90 Å². The third-order valence-electron chi connectivity index (χ3n) is 8.02. The summed E-state index contributed by atoms with van der Waals surface area (Å²) < 4.78 is 1.80. The Bertz CT molecular complexity index is 1670. The van der Waals surface area contributed by atoms with Crippen LogP contribution in [-0.2, 0) is 12.8 Å². The number of aryl methyl sites for hydroxylation is 2. The summed E-state index contributed by atoms with van der Waals surface area (Å²) in [6, 6.07) is 15.7. The van der Waals surface area contributed by atoms with Crippen LogP contribution < -0.4 is 5.56 Å². The van der Waals surface area contributed by atoms with Crippen molar-refractivity contribution in [3.05, 3.63) is 97.2 Å². The molecule has 2 aromatic heterocycles. The lowest BCUT2D eigenvalue weighted by Crippen LogP contribution is -2.43. The monoisotopic (exact) mass is 599 g/mol. The fourth-order valence-electron chi connectivity index (χ4n) is 5.80. The van der Waals surface area contributed by atoms with Gasteiger partial charge in [0.05, 0.1) is 28.2 Å². The Balaban J connectivity index is 1.83. The van der Waals surface area contributed by atoms with Gasteiger partial charge in [0.2, 0.25) is 0 Å². The smallest absolute Gasteiger partial charge is 0.265 e. The van der Waals surface area contributed by atoms with Crippen molar-refractivity contribution < 1.29 is 4.79 Å². The fraction of sp³-hybridized carbons (Fsp3) is 0.343. The van der Waals surface area contributed by atoms with Gasteiger partial charge in [0.1, 0.15) is 5.01 Å². The number of allylic oxidation sites excluding steroid dienone is 1. The molecule has 0 saturated carbocycles. The zero-order valence-electron chi connectivity index (χ0n) is 25.0. The molecule has 1 aliphatic rings. The minimum absolute atomic E-state index is 0.0359. The maximum Gasteiger partial charge on any atom is 0.265 e. The minimum Gasteiger partial charge on any atom is -0.336 e. The van der Waals surface area contributed by atoms with Crippen LogP contribution in [0.25, 0.3) is 33.6 Å². The Labute approximate surface area is 257 Å². The Morgan fingerprint density at radius 3 is 2.38 bits per heavy atom. The van der Waals surface area contributed by atoms with Gasteiger partial charge in [-0.3, -0.25) is 14.2 Å². The van der Waals surface area contributed by atoms with Gasteiger partial charge in [-0.15, -0.1) is 11.3 Å². The first-order valence-electron chi connectivity index (χ1n) is 14.8. The lowest BCUT2D eigenvalue weighted by Gasteiger charge is -2.34. The summed E-state index contributed by atoms with van der Waals surface area (Å²) in [6.45, 7) is 11.1. The van der Waals surface area contributed by atoms with Crippen LogP contribution in [0.5, 0.6) is 0 Å². The van der Waals surface area contributed by atoms with Gasteiger partial charge in [0, 0.05) is 28.6 Å². The predicted octanol–water partition coefficient (Wildman–Crippen LogP) is 8.84. The molecule has 1 amide bonds. The molecule has 1 aliphatic heterocycles. The van der Waals surface area contributed by atoms with E-state index in [1.165, 1.54) is 11.3 Å². The summed E-state index contributed by atoms with van der Waals surface area (Å²) in [4.78, 5) is 36.0. The number of likely N-dealkylation sites (tertiary alicyclic amines) is 1. The third kappa shape index (κ3) is 5.88. The molecule has 1 saturated heterocycles. The van der Waals surface area contributed by atoms with Gasteiger partial charge in [-0.05, 0) is 88.3 Å². The van der Waals surface area contributed by atoms with Crippen LogP contribution in [-0.4, -0.2) is 32.9 Å². The summed E-state index contributed by atoms with van der Waals surface area (Å²) in [5, 5.41) is 3.21. The molecule has 3 heterocycles. The lowest BCUT2D eigenvalue weighted by molar-refractivity contribution is 0.0634. The van der Waals surface area contributed by atoms with Gasteiger partial charge in [0.15, 0.2) is 0 Å². The van der Waals surface area contributed by atoms with Crippen molar-refractivity contribution in [3.8, 4) is 27.5 Å². The van der Waals surface area contributed by atoms with Crippen LogP contribution in [0.2, 0.25) is 5.02 Å². The number of amides is 1. The van der Waals surface area contributed by atoms with Crippen LogP contribution in [0.3, 0.4) is 0 Å². The Morgan fingerprint density at radius 2 is 1.76 bits per heavy atom. The molecule has 0 aliphatic carbocycles. The molecular formula is C35H38ClN3O2S. The molecule has 0 radical (unpaired) electrons.